The zero-order chi connectivity index (χ0) is 11.9. The Kier molecular flexibility index (Phi) is 2.30. The molecule has 1 aliphatic carbocycles. The highest BCUT2D eigenvalue weighted by molar-refractivity contribution is 5.60. The van der Waals surface area contributed by atoms with Crippen molar-refractivity contribution in [3.05, 3.63) is 42.1 Å². The Labute approximate surface area is 101 Å². The summed E-state index contributed by atoms with van der Waals surface area (Å²) in [6.45, 7) is 0.723. The highest BCUT2D eigenvalue weighted by atomic mass is 15.3. The number of nitrogens with two attached hydrogens (primary N) is 1. The molecule has 2 aromatic rings. The molecule has 0 bridgehead atoms. The normalized spacial score (nSPS) is 17.1. The molecule has 0 spiro atoms. The molecule has 0 unspecified atom stereocenters. The van der Waals surface area contributed by atoms with Crippen LogP contribution in [-0.4, -0.2) is 16.3 Å². The quantitative estimate of drug-likeness (QED) is 0.872. The minimum absolute atomic E-state index is 0.203. The monoisotopic (exact) mass is 227 g/mol. The molecule has 1 fully saturated rings. The van der Waals surface area contributed by atoms with Crippen LogP contribution < -0.4 is 5.73 Å². The van der Waals surface area contributed by atoms with Gasteiger partial charge in [-0.1, -0.05) is 30.3 Å². The van der Waals surface area contributed by atoms with Crippen LogP contribution in [0.25, 0.3) is 11.3 Å². The second kappa shape index (κ2) is 3.70. The highest BCUT2D eigenvalue weighted by Crippen LogP contribution is 2.47. The molecule has 1 saturated carbocycles. The summed E-state index contributed by atoms with van der Waals surface area (Å²) in [5.41, 5.74) is 9.57. The van der Waals surface area contributed by atoms with Crippen LogP contribution in [0.2, 0.25) is 0 Å². The van der Waals surface area contributed by atoms with Gasteiger partial charge in [0.15, 0.2) is 0 Å². The SMILES string of the molecule is Cn1nc(-c2ccccc2)cc1C1(CN)CC1. The van der Waals surface area contributed by atoms with Crippen LogP contribution in [0.1, 0.15) is 18.5 Å². The fourth-order valence-corrected chi connectivity index (χ4v) is 2.43. The summed E-state index contributed by atoms with van der Waals surface area (Å²) in [5.74, 6) is 0. The number of rotatable bonds is 3. The third kappa shape index (κ3) is 1.67. The summed E-state index contributed by atoms with van der Waals surface area (Å²) in [7, 11) is 2.01. The Balaban J connectivity index is 2.02. The first kappa shape index (κ1) is 10.5. The van der Waals surface area contributed by atoms with E-state index in [9.17, 15) is 0 Å². The lowest BCUT2D eigenvalue weighted by molar-refractivity contribution is 0.603. The van der Waals surface area contributed by atoms with Crippen molar-refractivity contribution in [1.82, 2.24) is 9.78 Å². The molecule has 1 aromatic carbocycles. The molecule has 3 heteroatoms. The third-order valence-electron chi connectivity index (χ3n) is 3.74. The third-order valence-corrected chi connectivity index (χ3v) is 3.74. The van der Waals surface area contributed by atoms with Gasteiger partial charge in [0, 0.05) is 30.3 Å². The van der Waals surface area contributed by atoms with Crippen molar-refractivity contribution < 1.29 is 0 Å². The fourth-order valence-electron chi connectivity index (χ4n) is 2.43. The Morgan fingerprint density at radius 2 is 2.00 bits per heavy atom. The van der Waals surface area contributed by atoms with E-state index in [4.69, 9.17) is 5.73 Å². The van der Waals surface area contributed by atoms with Crippen molar-refractivity contribution in [2.45, 2.75) is 18.3 Å². The van der Waals surface area contributed by atoms with Gasteiger partial charge in [0.2, 0.25) is 0 Å². The first-order valence-corrected chi connectivity index (χ1v) is 6.05. The van der Waals surface area contributed by atoms with Crippen LogP contribution in [0.5, 0.6) is 0 Å². The summed E-state index contributed by atoms with van der Waals surface area (Å²) in [6, 6.07) is 12.5. The molecular formula is C14H17N3. The first-order valence-electron chi connectivity index (χ1n) is 6.05. The Hall–Kier alpha value is -1.61. The second-order valence-corrected chi connectivity index (χ2v) is 4.89. The van der Waals surface area contributed by atoms with E-state index in [0.717, 1.165) is 12.2 Å². The largest absolute Gasteiger partial charge is 0.330 e. The maximum absolute atomic E-state index is 5.88. The van der Waals surface area contributed by atoms with E-state index in [2.05, 4.69) is 23.3 Å². The molecule has 17 heavy (non-hydrogen) atoms. The molecule has 3 rings (SSSR count). The van der Waals surface area contributed by atoms with Crippen LogP contribution in [0, 0.1) is 0 Å². The fraction of sp³-hybridized carbons (Fsp3) is 0.357. The molecule has 1 aliphatic rings. The Bertz CT molecular complexity index is 524. The summed E-state index contributed by atoms with van der Waals surface area (Å²) in [6.07, 6.45) is 2.38. The van der Waals surface area contributed by atoms with E-state index >= 15 is 0 Å². The highest BCUT2D eigenvalue weighted by Gasteiger charge is 2.45. The van der Waals surface area contributed by atoms with Crippen LogP contribution in [-0.2, 0) is 12.5 Å². The van der Waals surface area contributed by atoms with Gasteiger partial charge in [0.05, 0.1) is 5.69 Å². The van der Waals surface area contributed by atoms with Gasteiger partial charge in [-0.25, -0.2) is 0 Å². The van der Waals surface area contributed by atoms with E-state index < -0.39 is 0 Å². The molecular weight excluding hydrogens is 210 g/mol. The molecule has 1 heterocycles. The number of nitrogens with zero attached hydrogens (tertiary/aromatic N) is 2. The summed E-state index contributed by atoms with van der Waals surface area (Å²) in [5, 5.41) is 4.60. The zero-order valence-corrected chi connectivity index (χ0v) is 10.1. The van der Waals surface area contributed by atoms with Crippen molar-refractivity contribution in [1.29, 1.82) is 0 Å². The predicted molar refractivity (Wildman–Crippen MR) is 68.6 cm³/mol. The van der Waals surface area contributed by atoms with E-state index in [1.165, 1.54) is 24.1 Å². The standard InChI is InChI=1S/C14H17N3/c1-17-13(14(10-15)7-8-14)9-12(16-17)11-5-3-2-4-6-11/h2-6,9H,7-8,10,15H2,1H3. The maximum atomic E-state index is 5.88. The van der Waals surface area contributed by atoms with E-state index in [1.54, 1.807) is 0 Å². The minimum atomic E-state index is 0.203. The van der Waals surface area contributed by atoms with Crippen molar-refractivity contribution in [3.8, 4) is 11.3 Å². The summed E-state index contributed by atoms with van der Waals surface area (Å²) < 4.78 is 1.99. The van der Waals surface area contributed by atoms with Crippen molar-refractivity contribution in [2.75, 3.05) is 6.54 Å². The topological polar surface area (TPSA) is 43.8 Å². The van der Waals surface area contributed by atoms with Gasteiger partial charge in [-0.3, -0.25) is 4.68 Å². The number of benzene rings is 1. The molecule has 3 nitrogen and oxygen atoms in total. The molecule has 0 radical (unpaired) electrons. The molecule has 2 N–H and O–H groups in total. The average Bonchev–Trinajstić information content (AvgIpc) is 3.07. The van der Waals surface area contributed by atoms with Crippen molar-refractivity contribution in [3.63, 3.8) is 0 Å². The zero-order valence-electron chi connectivity index (χ0n) is 10.1. The van der Waals surface area contributed by atoms with Crippen molar-refractivity contribution >= 4 is 0 Å². The lowest BCUT2D eigenvalue weighted by Crippen LogP contribution is -2.22. The van der Waals surface area contributed by atoms with Gasteiger partial charge < -0.3 is 5.73 Å². The maximum Gasteiger partial charge on any atom is 0.0926 e. The van der Waals surface area contributed by atoms with Crippen molar-refractivity contribution in [2.24, 2.45) is 12.8 Å². The lowest BCUT2D eigenvalue weighted by atomic mass is 10.0. The second-order valence-electron chi connectivity index (χ2n) is 4.89. The van der Waals surface area contributed by atoms with E-state index in [-0.39, 0.29) is 5.41 Å². The lowest BCUT2D eigenvalue weighted by Gasteiger charge is -2.11. The molecule has 0 saturated heterocycles. The predicted octanol–water partition coefficient (Wildman–Crippen LogP) is 2.08. The van der Waals surface area contributed by atoms with E-state index in [1.807, 2.05) is 29.9 Å². The van der Waals surface area contributed by atoms with Gasteiger partial charge in [-0.15, -0.1) is 0 Å². The number of aryl methyl sites for hydroxylation is 1. The average molecular weight is 227 g/mol. The number of aromatic nitrogens is 2. The summed E-state index contributed by atoms with van der Waals surface area (Å²) in [4.78, 5) is 0. The molecule has 88 valence electrons. The molecule has 1 aromatic heterocycles. The van der Waals surface area contributed by atoms with Crippen LogP contribution >= 0.6 is 0 Å². The molecule has 0 aliphatic heterocycles. The van der Waals surface area contributed by atoms with Gasteiger partial charge in [0.1, 0.15) is 0 Å². The Morgan fingerprint density at radius 1 is 1.29 bits per heavy atom. The molecule has 0 amide bonds. The van der Waals surface area contributed by atoms with E-state index in [0.29, 0.717) is 0 Å². The Morgan fingerprint density at radius 3 is 2.59 bits per heavy atom. The summed E-state index contributed by atoms with van der Waals surface area (Å²) >= 11 is 0. The van der Waals surface area contributed by atoms with Gasteiger partial charge >= 0.3 is 0 Å². The van der Waals surface area contributed by atoms with Gasteiger partial charge in [-0.2, -0.15) is 5.10 Å². The smallest absolute Gasteiger partial charge is 0.0926 e. The minimum Gasteiger partial charge on any atom is -0.330 e. The van der Waals surface area contributed by atoms with Crippen LogP contribution in [0.3, 0.4) is 0 Å². The number of hydrogen-bond donors (Lipinski definition) is 1. The first-order chi connectivity index (χ1) is 8.25. The van der Waals surface area contributed by atoms with Gasteiger partial charge in [0.25, 0.3) is 0 Å². The molecule has 0 atom stereocenters. The van der Waals surface area contributed by atoms with Crippen LogP contribution in [0.15, 0.2) is 36.4 Å². The van der Waals surface area contributed by atoms with Crippen LogP contribution in [0.4, 0.5) is 0 Å². The number of hydrogen-bond acceptors (Lipinski definition) is 2. The van der Waals surface area contributed by atoms with Gasteiger partial charge in [-0.05, 0) is 18.9 Å².